The van der Waals surface area contributed by atoms with E-state index in [0.29, 0.717) is 31.1 Å². The van der Waals surface area contributed by atoms with Crippen molar-refractivity contribution in [3.63, 3.8) is 0 Å². The number of fused-ring (bicyclic) bond motifs is 1. The van der Waals surface area contributed by atoms with Gasteiger partial charge in [0.15, 0.2) is 5.82 Å². The predicted octanol–water partition coefficient (Wildman–Crippen LogP) is 1.25. The predicted molar refractivity (Wildman–Crippen MR) is 102 cm³/mol. The highest BCUT2D eigenvalue weighted by Crippen LogP contribution is 2.31. The molecule has 3 heterocycles. The van der Waals surface area contributed by atoms with Gasteiger partial charge in [-0.25, -0.2) is 0 Å². The van der Waals surface area contributed by atoms with E-state index in [1.165, 1.54) is 6.20 Å². The summed E-state index contributed by atoms with van der Waals surface area (Å²) in [4.78, 5) is 11.9. The molecule has 9 nitrogen and oxygen atoms in total. The second-order valence-corrected chi connectivity index (χ2v) is 6.65. The monoisotopic (exact) mass is 379 g/mol. The molecule has 0 unspecified atom stereocenters. The summed E-state index contributed by atoms with van der Waals surface area (Å²) < 4.78 is 12.4. The van der Waals surface area contributed by atoms with Gasteiger partial charge in [-0.05, 0) is 24.5 Å². The highest BCUT2D eigenvalue weighted by atomic mass is 16.5. The average molecular weight is 379 g/mol. The summed E-state index contributed by atoms with van der Waals surface area (Å²) in [5, 5.41) is 26.5. The topological polar surface area (TPSA) is 135 Å². The molecule has 1 aromatic carbocycles. The number of carbonyl (C=O) groups is 1. The maximum atomic E-state index is 11.9. The van der Waals surface area contributed by atoms with Gasteiger partial charge in [0, 0.05) is 30.1 Å². The van der Waals surface area contributed by atoms with Gasteiger partial charge in [-0.15, -0.1) is 0 Å². The van der Waals surface area contributed by atoms with Crippen molar-refractivity contribution in [1.82, 2.24) is 9.78 Å². The summed E-state index contributed by atoms with van der Waals surface area (Å²) in [5.41, 5.74) is 7.16. The number of benzene rings is 1. The fourth-order valence-electron chi connectivity index (χ4n) is 3.31. The van der Waals surface area contributed by atoms with Crippen molar-refractivity contribution < 1.29 is 19.2 Å². The van der Waals surface area contributed by atoms with E-state index in [1.807, 2.05) is 6.07 Å². The molecule has 0 aliphatic carbocycles. The number of hydrogen-bond donors (Lipinski definition) is 3. The molecular formula is C18H18BN5O4. The van der Waals surface area contributed by atoms with Crippen LogP contribution in [-0.2, 0) is 4.74 Å². The zero-order chi connectivity index (χ0) is 19.7. The fraction of sp³-hybridized carbons (Fsp3) is 0.278. The lowest BCUT2D eigenvalue weighted by atomic mass is 9.86. The number of rotatable bonds is 4. The highest BCUT2D eigenvalue weighted by molar-refractivity contribution is 6.51. The fourth-order valence-corrected chi connectivity index (χ4v) is 3.31. The highest BCUT2D eigenvalue weighted by Gasteiger charge is 2.29. The number of amides is 1. The Kier molecular flexibility index (Phi) is 4.77. The van der Waals surface area contributed by atoms with Crippen LogP contribution in [0.15, 0.2) is 30.4 Å². The molecule has 2 atom stereocenters. The van der Waals surface area contributed by atoms with Gasteiger partial charge in [0.2, 0.25) is 0 Å². The van der Waals surface area contributed by atoms with Crippen molar-refractivity contribution in [3.05, 3.63) is 41.5 Å². The number of primary amides is 1. The molecule has 1 aromatic heterocycles. The third-order valence-electron chi connectivity index (χ3n) is 4.79. The molecule has 28 heavy (non-hydrogen) atoms. The van der Waals surface area contributed by atoms with Gasteiger partial charge in [-0.2, -0.15) is 10.4 Å². The minimum atomic E-state index is -1.00. The van der Waals surface area contributed by atoms with Crippen LogP contribution in [0.5, 0.6) is 5.75 Å². The van der Waals surface area contributed by atoms with E-state index < -0.39 is 13.0 Å². The van der Waals surface area contributed by atoms with Crippen molar-refractivity contribution in [2.75, 3.05) is 18.5 Å². The van der Waals surface area contributed by atoms with E-state index in [4.69, 9.17) is 15.1 Å². The van der Waals surface area contributed by atoms with Crippen molar-refractivity contribution in [2.24, 2.45) is 11.7 Å². The maximum Gasteiger partial charge on any atom is 0.552 e. The van der Waals surface area contributed by atoms with Crippen LogP contribution < -0.4 is 15.7 Å². The van der Waals surface area contributed by atoms with Gasteiger partial charge in [0.1, 0.15) is 11.3 Å². The molecule has 0 bridgehead atoms. The lowest BCUT2D eigenvalue weighted by Gasteiger charge is -2.26. The SMILES string of the molecule is N#C[C@@H]1CCOC[C@H]1n1cc(C(N)=O)c(Nc2ccc3c(c2)OB(O)C=C3)n1. The number of nitrogens with two attached hydrogens (primary N) is 1. The largest absolute Gasteiger partial charge is 0.552 e. The first kappa shape index (κ1) is 18.1. The molecule has 2 aliphatic heterocycles. The average Bonchev–Trinajstić information content (AvgIpc) is 3.11. The molecule has 1 fully saturated rings. The summed E-state index contributed by atoms with van der Waals surface area (Å²) in [6.45, 7) is 0.869. The Hall–Kier alpha value is -3.29. The summed E-state index contributed by atoms with van der Waals surface area (Å²) in [6.07, 6.45) is 3.91. The van der Waals surface area contributed by atoms with E-state index in [-0.39, 0.29) is 23.3 Å². The van der Waals surface area contributed by atoms with Crippen LogP contribution in [0.4, 0.5) is 11.5 Å². The molecule has 0 radical (unpaired) electrons. The van der Waals surface area contributed by atoms with Gasteiger partial charge in [-0.3, -0.25) is 9.48 Å². The Morgan fingerprint density at radius 1 is 1.50 bits per heavy atom. The van der Waals surface area contributed by atoms with Gasteiger partial charge in [-0.1, -0.05) is 6.08 Å². The Morgan fingerprint density at radius 2 is 2.36 bits per heavy atom. The number of carbonyl (C=O) groups excluding carboxylic acids is 1. The number of nitrogens with one attached hydrogen (secondary N) is 1. The van der Waals surface area contributed by atoms with Crippen molar-refractivity contribution in [2.45, 2.75) is 12.5 Å². The molecular weight excluding hydrogens is 361 g/mol. The molecule has 2 aliphatic rings. The zero-order valence-electron chi connectivity index (χ0n) is 14.9. The molecule has 0 spiro atoms. The third-order valence-corrected chi connectivity index (χ3v) is 4.79. The Bertz CT molecular complexity index is 983. The summed E-state index contributed by atoms with van der Waals surface area (Å²) in [6, 6.07) is 7.31. The Balaban J connectivity index is 1.64. The second-order valence-electron chi connectivity index (χ2n) is 6.65. The number of hydrogen-bond acceptors (Lipinski definition) is 7. The zero-order valence-corrected chi connectivity index (χ0v) is 14.9. The molecule has 1 saturated heterocycles. The molecule has 0 saturated carbocycles. The summed E-state index contributed by atoms with van der Waals surface area (Å²) in [7, 11) is -1.00. The van der Waals surface area contributed by atoms with Crippen LogP contribution in [0, 0.1) is 17.2 Å². The third kappa shape index (κ3) is 3.45. The number of nitrogens with zero attached hydrogens (tertiary/aromatic N) is 3. The lowest BCUT2D eigenvalue weighted by molar-refractivity contribution is 0.0342. The first-order valence-electron chi connectivity index (χ1n) is 8.85. The normalized spacial score (nSPS) is 20.8. The van der Waals surface area contributed by atoms with E-state index in [9.17, 15) is 15.1 Å². The van der Waals surface area contributed by atoms with Gasteiger partial charge < -0.3 is 25.5 Å². The minimum absolute atomic E-state index is 0.209. The number of ether oxygens (including phenoxy) is 1. The van der Waals surface area contributed by atoms with Crippen LogP contribution in [0.2, 0.25) is 0 Å². The standard InChI is InChI=1S/C18H18BN5O4/c20-8-12-4-6-27-10-15(12)24-9-14(17(21)25)18(23-24)22-13-2-1-11-3-5-19(26)28-16(11)7-13/h1-3,5,7,9,12,15,26H,4,6,10H2,(H2,21,25)(H,22,23)/t12-,15+/m0/s1. The molecule has 10 heteroatoms. The van der Waals surface area contributed by atoms with Crippen molar-refractivity contribution in [3.8, 4) is 11.8 Å². The number of nitriles is 1. The molecule has 1 amide bonds. The van der Waals surface area contributed by atoms with E-state index in [1.54, 1.807) is 28.9 Å². The Labute approximate surface area is 161 Å². The smallest absolute Gasteiger partial charge is 0.532 e. The van der Waals surface area contributed by atoms with Crippen LogP contribution in [0.3, 0.4) is 0 Å². The number of anilines is 2. The minimum Gasteiger partial charge on any atom is -0.532 e. The van der Waals surface area contributed by atoms with Crippen molar-refractivity contribution in [1.29, 1.82) is 5.26 Å². The quantitative estimate of drug-likeness (QED) is 0.681. The number of aromatic nitrogens is 2. The van der Waals surface area contributed by atoms with Gasteiger partial charge in [0.05, 0.1) is 24.6 Å². The van der Waals surface area contributed by atoms with E-state index in [0.717, 1.165) is 5.56 Å². The van der Waals surface area contributed by atoms with Crippen molar-refractivity contribution >= 4 is 30.6 Å². The van der Waals surface area contributed by atoms with Crippen LogP contribution in [0.1, 0.15) is 28.4 Å². The molecule has 4 N–H and O–H groups in total. The molecule has 142 valence electrons. The van der Waals surface area contributed by atoms with Crippen LogP contribution >= 0.6 is 0 Å². The van der Waals surface area contributed by atoms with Gasteiger partial charge >= 0.3 is 7.12 Å². The lowest BCUT2D eigenvalue weighted by Crippen LogP contribution is -2.29. The van der Waals surface area contributed by atoms with E-state index in [2.05, 4.69) is 16.5 Å². The first-order valence-corrected chi connectivity index (χ1v) is 8.85. The molecule has 4 rings (SSSR count). The Morgan fingerprint density at radius 3 is 3.14 bits per heavy atom. The van der Waals surface area contributed by atoms with E-state index >= 15 is 0 Å². The maximum absolute atomic E-state index is 11.9. The first-order chi connectivity index (χ1) is 13.5. The summed E-state index contributed by atoms with van der Waals surface area (Å²) in [5.74, 6) is 1.44. The molecule has 2 aromatic rings. The van der Waals surface area contributed by atoms with Crippen LogP contribution in [-0.4, -0.2) is 41.0 Å². The van der Waals surface area contributed by atoms with Crippen LogP contribution in [0.25, 0.3) is 6.08 Å². The summed E-state index contributed by atoms with van der Waals surface area (Å²) >= 11 is 0. The van der Waals surface area contributed by atoms with Gasteiger partial charge in [0.25, 0.3) is 5.91 Å². The second kappa shape index (κ2) is 7.38.